The van der Waals surface area contributed by atoms with Crippen LogP contribution in [0.3, 0.4) is 0 Å². The Morgan fingerprint density at radius 2 is 1.22 bits per heavy atom. The van der Waals surface area contributed by atoms with E-state index in [1.165, 1.54) is 80.8 Å². The first-order valence-electron chi connectivity index (χ1n) is 16.7. The molecule has 0 bridgehead atoms. The summed E-state index contributed by atoms with van der Waals surface area (Å²) >= 11 is 0. The number of hydrogen-bond donors (Lipinski definition) is 0. The molecule has 7 aromatic rings. The molecule has 0 amide bonds. The van der Waals surface area contributed by atoms with E-state index in [0.29, 0.717) is 0 Å². The van der Waals surface area contributed by atoms with Crippen LogP contribution in [0.5, 0.6) is 0 Å². The van der Waals surface area contributed by atoms with Gasteiger partial charge < -0.3 is 9.47 Å². The fraction of sp³-hybridized carbons (Fsp3) is 0.182. The number of rotatable bonds is 7. The van der Waals surface area contributed by atoms with Crippen LogP contribution in [0.4, 0.5) is 17.1 Å². The van der Waals surface area contributed by atoms with Gasteiger partial charge in [-0.25, -0.2) is 0 Å². The van der Waals surface area contributed by atoms with Gasteiger partial charge in [0.15, 0.2) is 0 Å². The topological polar surface area (TPSA) is 8.17 Å². The van der Waals surface area contributed by atoms with Crippen LogP contribution in [0.1, 0.15) is 38.2 Å². The van der Waals surface area contributed by atoms with Crippen LogP contribution in [0.25, 0.3) is 38.3 Å². The Morgan fingerprint density at radius 1 is 0.630 bits per heavy atom. The molecule has 0 spiro atoms. The summed E-state index contributed by atoms with van der Waals surface area (Å²) in [5, 5.41) is 5.05. The van der Waals surface area contributed by atoms with Gasteiger partial charge in [-0.3, -0.25) is 0 Å². The molecule has 1 heterocycles. The van der Waals surface area contributed by atoms with Crippen LogP contribution in [0, 0.1) is 11.8 Å². The third-order valence-electron chi connectivity index (χ3n) is 9.94. The van der Waals surface area contributed by atoms with E-state index in [1.54, 1.807) is 0 Å². The lowest BCUT2D eigenvalue weighted by molar-refractivity contribution is 0.321. The summed E-state index contributed by atoms with van der Waals surface area (Å²) in [6.45, 7) is 6.70. The summed E-state index contributed by atoms with van der Waals surface area (Å²) in [4.78, 5) is 2.41. The summed E-state index contributed by atoms with van der Waals surface area (Å²) in [7, 11) is 0. The average Bonchev–Trinajstić information content (AvgIpc) is 3.43. The van der Waals surface area contributed by atoms with Crippen molar-refractivity contribution in [1.82, 2.24) is 4.57 Å². The highest BCUT2D eigenvalue weighted by atomic mass is 15.1. The maximum absolute atomic E-state index is 4.32. The molecular formula is C44H40N2. The number of fused-ring (bicyclic) bond motifs is 4. The fourth-order valence-corrected chi connectivity index (χ4v) is 7.90. The van der Waals surface area contributed by atoms with Crippen molar-refractivity contribution in [3.63, 3.8) is 0 Å². The first kappa shape index (κ1) is 28.4. The molecule has 6 aromatic carbocycles. The normalized spacial score (nSPS) is 16.8. The molecule has 1 fully saturated rings. The van der Waals surface area contributed by atoms with Gasteiger partial charge >= 0.3 is 0 Å². The number of allylic oxidation sites excluding steroid dienone is 1. The zero-order valence-corrected chi connectivity index (χ0v) is 26.6. The molecule has 0 radical (unpaired) electrons. The second-order valence-corrected chi connectivity index (χ2v) is 13.3. The number of anilines is 3. The summed E-state index contributed by atoms with van der Waals surface area (Å²) in [6, 6.07) is 51.1. The van der Waals surface area contributed by atoms with E-state index in [1.807, 2.05) is 0 Å². The van der Waals surface area contributed by atoms with Gasteiger partial charge in [0.2, 0.25) is 0 Å². The van der Waals surface area contributed by atoms with Gasteiger partial charge in [0.05, 0.1) is 16.7 Å². The first-order chi connectivity index (χ1) is 22.6. The molecule has 1 aliphatic carbocycles. The van der Waals surface area contributed by atoms with Crippen LogP contribution >= 0.6 is 0 Å². The predicted molar refractivity (Wildman–Crippen MR) is 197 cm³/mol. The molecule has 1 aliphatic rings. The molecule has 2 unspecified atom stereocenters. The SMILES string of the molecule is C=C1CC(C)CC(CCc2ccc(N(c3ccc(-n4c5ccccc5c5ccccc54)cc3)c3cccc4ccccc34)cc2)C1. The lowest BCUT2D eigenvalue weighted by atomic mass is 9.77. The van der Waals surface area contributed by atoms with Crippen LogP contribution in [-0.2, 0) is 6.42 Å². The Morgan fingerprint density at radius 3 is 1.89 bits per heavy atom. The number of aryl methyl sites for hydroxylation is 1. The van der Waals surface area contributed by atoms with Crippen molar-refractivity contribution in [1.29, 1.82) is 0 Å². The van der Waals surface area contributed by atoms with Gasteiger partial charge in [-0.2, -0.15) is 0 Å². The Hall–Kier alpha value is -5.08. The van der Waals surface area contributed by atoms with Gasteiger partial charge in [-0.15, -0.1) is 0 Å². The highest BCUT2D eigenvalue weighted by molar-refractivity contribution is 6.09. The van der Waals surface area contributed by atoms with Crippen molar-refractivity contribution in [2.45, 2.75) is 39.0 Å². The number of hydrogen-bond acceptors (Lipinski definition) is 1. The molecule has 2 nitrogen and oxygen atoms in total. The Balaban J connectivity index is 1.16. The second kappa shape index (κ2) is 12.0. The van der Waals surface area contributed by atoms with E-state index in [0.717, 1.165) is 29.6 Å². The van der Waals surface area contributed by atoms with Crippen molar-refractivity contribution in [3.05, 3.63) is 157 Å². The van der Waals surface area contributed by atoms with Gasteiger partial charge in [0.25, 0.3) is 0 Å². The van der Waals surface area contributed by atoms with E-state index < -0.39 is 0 Å². The number of benzene rings is 6. The summed E-state index contributed by atoms with van der Waals surface area (Å²) in [6.07, 6.45) is 6.08. The van der Waals surface area contributed by atoms with Crippen molar-refractivity contribution in [3.8, 4) is 5.69 Å². The molecule has 2 heteroatoms. The van der Waals surface area contributed by atoms with Crippen molar-refractivity contribution in [2.75, 3.05) is 4.90 Å². The van der Waals surface area contributed by atoms with Gasteiger partial charge in [-0.1, -0.05) is 104 Å². The largest absolute Gasteiger partial charge is 0.310 e. The third-order valence-corrected chi connectivity index (χ3v) is 9.94. The molecule has 46 heavy (non-hydrogen) atoms. The Kier molecular flexibility index (Phi) is 7.42. The second-order valence-electron chi connectivity index (χ2n) is 13.3. The van der Waals surface area contributed by atoms with Crippen LogP contribution < -0.4 is 4.90 Å². The Labute approximate surface area is 272 Å². The van der Waals surface area contributed by atoms with E-state index in [4.69, 9.17) is 0 Å². The molecular weight excluding hydrogens is 556 g/mol. The van der Waals surface area contributed by atoms with Crippen LogP contribution in [-0.4, -0.2) is 4.57 Å². The smallest absolute Gasteiger partial charge is 0.0541 e. The zero-order valence-electron chi connectivity index (χ0n) is 26.6. The van der Waals surface area contributed by atoms with E-state index in [2.05, 4.69) is 162 Å². The van der Waals surface area contributed by atoms with Crippen molar-refractivity contribution in [2.24, 2.45) is 11.8 Å². The van der Waals surface area contributed by atoms with E-state index in [-0.39, 0.29) is 0 Å². The summed E-state index contributed by atoms with van der Waals surface area (Å²) < 4.78 is 2.38. The lowest BCUT2D eigenvalue weighted by Crippen LogP contribution is -2.15. The van der Waals surface area contributed by atoms with Crippen LogP contribution in [0.15, 0.2) is 152 Å². The minimum atomic E-state index is 0.760. The molecule has 0 aliphatic heterocycles. The number of nitrogens with zero attached hydrogens (tertiary/aromatic N) is 2. The predicted octanol–water partition coefficient (Wildman–Crippen LogP) is 12.3. The number of para-hydroxylation sites is 2. The number of aromatic nitrogens is 1. The minimum Gasteiger partial charge on any atom is -0.310 e. The molecule has 8 rings (SSSR count). The molecule has 0 N–H and O–H groups in total. The lowest BCUT2D eigenvalue weighted by Gasteiger charge is -2.29. The maximum Gasteiger partial charge on any atom is 0.0541 e. The highest BCUT2D eigenvalue weighted by Gasteiger charge is 2.21. The van der Waals surface area contributed by atoms with Gasteiger partial charge in [0, 0.05) is 33.2 Å². The monoisotopic (exact) mass is 596 g/mol. The molecule has 1 saturated carbocycles. The average molecular weight is 597 g/mol. The summed E-state index contributed by atoms with van der Waals surface area (Å²) in [5.41, 5.74) is 9.96. The molecule has 226 valence electrons. The van der Waals surface area contributed by atoms with Gasteiger partial charge in [-0.05, 0) is 109 Å². The molecule has 0 saturated heterocycles. The van der Waals surface area contributed by atoms with Crippen molar-refractivity contribution < 1.29 is 0 Å². The van der Waals surface area contributed by atoms with Crippen molar-refractivity contribution >= 4 is 49.6 Å². The molecule has 2 atom stereocenters. The quantitative estimate of drug-likeness (QED) is 0.166. The zero-order chi connectivity index (χ0) is 31.0. The third kappa shape index (κ3) is 5.28. The van der Waals surface area contributed by atoms with Gasteiger partial charge in [0.1, 0.15) is 0 Å². The Bertz CT molecular complexity index is 2110. The fourth-order valence-electron chi connectivity index (χ4n) is 7.90. The summed E-state index contributed by atoms with van der Waals surface area (Å²) in [5.74, 6) is 1.53. The standard InChI is InChI=1S/C44H40N2/c1-31-28-32(2)30-34(29-31)19-18-33-20-22-36(23-21-33)45(42-17-9-11-35-10-3-4-12-39(35)42)37-24-26-38(27-25-37)46-43-15-7-5-13-40(43)41-14-6-8-16-44(41)46/h3-17,20-27,32,34H,1,18-19,28-30H2,2H3. The maximum atomic E-state index is 4.32. The van der Waals surface area contributed by atoms with E-state index in [9.17, 15) is 0 Å². The first-order valence-corrected chi connectivity index (χ1v) is 16.7. The molecule has 1 aromatic heterocycles. The van der Waals surface area contributed by atoms with Crippen LogP contribution in [0.2, 0.25) is 0 Å². The van der Waals surface area contributed by atoms with E-state index >= 15 is 0 Å². The highest BCUT2D eigenvalue weighted by Crippen LogP contribution is 2.40. The minimum absolute atomic E-state index is 0.760.